The topological polar surface area (TPSA) is 27.7 Å². The molecule has 1 aliphatic carbocycles. The van der Waals surface area contributed by atoms with Gasteiger partial charge in [-0.15, -0.1) is 0 Å². The molecule has 1 aromatic rings. The van der Waals surface area contributed by atoms with Gasteiger partial charge in [0.1, 0.15) is 0 Å². The molecule has 1 saturated heterocycles. The summed E-state index contributed by atoms with van der Waals surface area (Å²) in [5.41, 5.74) is 1.10. The Bertz CT molecular complexity index is 385. The van der Waals surface area contributed by atoms with Crippen LogP contribution in [0.25, 0.3) is 0 Å². The number of hydrogen-bond acceptors (Lipinski definition) is 3. The smallest absolute Gasteiger partial charge is 0.168 e. The number of hydrogen-bond donors (Lipinski definition) is 0. The van der Waals surface area contributed by atoms with Crippen molar-refractivity contribution in [2.75, 3.05) is 20.3 Å². The molecule has 18 heavy (non-hydrogen) atoms. The molecule has 0 N–H and O–H groups in total. The molecule has 1 spiro atoms. The van der Waals surface area contributed by atoms with Crippen molar-refractivity contribution in [1.29, 1.82) is 0 Å². The van der Waals surface area contributed by atoms with E-state index in [1.54, 1.807) is 7.11 Å². The number of ether oxygens (including phenoxy) is 3. The highest BCUT2D eigenvalue weighted by Gasteiger charge is 2.47. The summed E-state index contributed by atoms with van der Waals surface area (Å²) >= 11 is 0. The first kappa shape index (κ1) is 12.2. The Hall–Kier alpha value is -0.900. The largest absolute Gasteiger partial charge is 0.374 e. The summed E-state index contributed by atoms with van der Waals surface area (Å²) in [5, 5.41) is 0. The lowest BCUT2D eigenvalue weighted by Gasteiger charge is -2.43. The van der Waals surface area contributed by atoms with Crippen molar-refractivity contribution < 1.29 is 14.2 Å². The third-order valence-corrected chi connectivity index (χ3v) is 4.32. The lowest BCUT2D eigenvalue weighted by atomic mass is 9.77. The maximum atomic E-state index is 5.86. The van der Waals surface area contributed by atoms with E-state index in [1.807, 2.05) is 6.07 Å². The van der Waals surface area contributed by atoms with Crippen LogP contribution >= 0.6 is 0 Å². The van der Waals surface area contributed by atoms with E-state index in [-0.39, 0.29) is 11.4 Å². The summed E-state index contributed by atoms with van der Waals surface area (Å²) < 4.78 is 17.4. The van der Waals surface area contributed by atoms with Gasteiger partial charge >= 0.3 is 0 Å². The molecule has 0 aromatic heterocycles. The van der Waals surface area contributed by atoms with Gasteiger partial charge in [-0.2, -0.15) is 0 Å². The molecule has 98 valence electrons. The van der Waals surface area contributed by atoms with Crippen LogP contribution in [-0.2, 0) is 19.8 Å². The van der Waals surface area contributed by atoms with Gasteiger partial charge in [0.25, 0.3) is 0 Å². The summed E-state index contributed by atoms with van der Waals surface area (Å²) in [6.45, 7) is 1.45. The fourth-order valence-electron chi connectivity index (χ4n) is 3.17. The van der Waals surface area contributed by atoms with Gasteiger partial charge in [-0.3, -0.25) is 0 Å². The summed E-state index contributed by atoms with van der Waals surface area (Å²) in [4.78, 5) is 0. The van der Waals surface area contributed by atoms with E-state index in [1.165, 1.54) is 5.56 Å². The summed E-state index contributed by atoms with van der Waals surface area (Å²) in [6.07, 6.45) is 3.73. The summed E-state index contributed by atoms with van der Waals surface area (Å²) in [7, 11) is 1.81. The molecule has 1 aromatic carbocycles. The van der Waals surface area contributed by atoms with Crippen LogP contribution in [-0.4, -0.2) is 26.1 Å². The zero-order valence-corrected chi connectivity index (χ0v) is 10.9. The molecule has 3 rings (SSSR count). The minimum atomic E-state index is -0.323. The minimum absolute atomic E-state index is 0.165. The standard InChI is InChI=1S/C15H20O3/c1-16-14(13-5-3-2-4-6-13)7-9-15(10-8-14)17-11-12-18-15/h2-6H,7-12H2,1H3. The van der Waals surface area contributed by atoms with Crippen LogP contribution in [0, 0.1) is 0 Å². The molecule has 1 heterocycles. The molecular formula is C15H20O3. The Balaban J connectivity index is 1.79. The Morgan fingerprint density at radius 1 is 0.944 bits per heavy atom. The molecule has 0 radical (unpaired) electrons. The fraction of sp³-hybridized carbons (Fsp3) is 0.600. The summed E-state index contributed by atoms with van der Waals surface area (Å²) in [6, 6.07) is 10.5. The molecule has 1 aliphatic heterocycles. The van der Waals surface area contributed by atoms with Gasteiger partial charge in [0, 0.05) is 20.0 Å². The van der Waals surface area contributed by atoms with Gasteiger partial charge in [-0.05, 0) is 18.4 Å². The molecule has 3 heteroatoms. The highest BCUT2D eigenvalue weighted by Crippen LogP contribution is 2.46. The van der Waals surface area contributed by atoms with Crippen molar-refractivity contribution in [3.63, 3.8) is 0 Å². The van der Waals surface area contributed by atoms with E-state index in [4.69, 9.17) is 14.2 Å². The first-order chi connectivity index (χ1) is 8.79. The Kier molecular flexibility index (Phi) is 3.14. The lowest BCUT2D eigenvalue weighted by Crippen LogP contribution is -2.43. The molecule has 0 unspecified atom stereocenters. The fourth-order valence-corrected chi connectivity index (χ4v) is 3.17. The SMILES string of the molecule is COC1(c2ccccc2)CCC2(CC1)OCCO2. The van der Waals surface area contributed by atoms with Gasteiger partial charge in [-0.1, -0.05) is 30.3 Å². The second-order valence-corrected chi connectivity index (χ2v) is 5.17. The van der Waals surface area contributed by atoms with Crippen LogP contribution in [0.4, 0.5) is 0 Å². The second-order valence-electron chi connectivity index (χ2n) is 5.17. The molecule has 1 saturated carbocycles. The van der Waals surface area contributed by atoms with Crippen molar-refractivity contribution in [1.82, 2.24) is 0 Å². The third kappa shape index (κ3) is 1.96. The first-order valence-corrected chi connectivity index (χ1v) is 6.67. The van der Waals surface area contributed by atoms with Gasteiger partial charge < -0.3 is 14.2 Å². The van der Waals surface area contributed by atoms with Crippen molar-refractivity contribution in [2.24, 2.45) is 0 Å². The van der Waals surface area contributed by atoms with Gasteiger partial charge in [0.15, 0.2) is 5.79 Å². The van der Waals surface area contributed by atoms with Crippen LogP contribution in [0.2, 0.25) is 0 Å². The third-order valence-electron chi connectivity index (χ3n) is 4.32. The van der Waals surface area contributed by atoms with Gasteiger partial charge in [-0.25, -0.2) is 0 Å². The quantitative estimate of drug-likeness (QED) is 0.805. The number of benzene rings is 1. The van der Waals surface area contributed by atoms with E-state index >= 15 is 0 Å². The molecule has 0 atom stereocenters. The first-order valence-electron chi connectivity index (χ1n) is 6.67. The van der Waals surface area contributed by atoms with Gasteiger partial charge in [0.05, 0.1) is 18.8 Å². The van der Waals surface area contributed by atoms with Crippen LogP contribution < -0.4 is 0 Å². The Labute approximate surface area is 108 Å². The minimum Gasteiger partial charge on any atom is -0.374 e. The highest BCUT2D eigenvalue weighted by molar-refractivity contribution is 5.23. The van der Waals surface area contributed by atoms with E-state index < -0.39 is 0 Å². The van der Waals surface area contributed by atoms with Crippen molar-refractivity contribution in [3.8, 4) is 0 Å². The second kappa shape index (κ2) is 4.65. The zero-order valence-electron chi connectivity index (χ0n) is 10.9. The van der Waals surface area contributed by atoms with Crippen LogP contribution in [0.15, 0.2) is 30.3 Å². The average molecular weight is 248 g/mol. The highest BCUT2D eigenvalue weighted by atomic mass is 16.7. The normalized spacial score (nSPS) is 25.4. The molecule has 0 bridgehead atoms. The van der Waals surface area contributed by atoms with E-state index in [9.17, 15) is 0 Å². The van der Waals surface area contributed by atoms with E-state index in [0.717, 1.165) is 38.9 Å². The van der Waals surface area contributed by atoms with E-state index in [0.29, 0.717) is 0 Å². The molecule has 3 nitrogen and oxygen atoms in total. The van der Waals surface area contributed by atoms with Crippen LogP contribution in [0.5, 0.6) is 0 Å². The van der Waals surface area contributed by atoms with Crippen molar-refractivity contribution in [2.45, 2.75) is 37.1 Å². The Morgan fingerprint density at radius 2 is 1.56 bits per heavy atom. The monoisotopic (exact) mass is 248 g/mol. The predicted octanol–water partition coefficient (Wildman–Crippen LogP) is 2.85. The predicted molar refractivity (Wildman–Crippen MR) is 68.2 cm³/mol. The maximum Gasteiger partial charge on any atom is 0.168 e. The van der Waals surface area contributed by atoms with Gasteiger partial charge in [0.2, 0.25) is 0 Å². The molecule has 2 fully saturated rings. The van der Waals surface area contributed by atoms with Crippen LogP contribution in [0.1, 0.15) is 31.2 Å². The Morgan fingerprint density at radius 3 is 2.11 bits per heavy atom. The van der Waals surface area contributed by atoms with Crippen molar-refractivity contribution >= 4 is 0 Å². The zero-order chi connectivity index (χ0) is 12.5. The average Bonchev–Trinajstić information content (AvgIpc) is 2.90. The number of rotatable bonds is 2. The van der Waals surface area contributed by atoms with E-state index in [2.05, 4.69) is 24.3 Å². The van der Waals surface area contributed by atoms with Crippen molar-refractivity contribution in [3.05, 3.63) is 35.9 Å². The van der Waals surface area contributed by atoms with Crippen LogP contribution in [0.3, 0.4) is 0 Å². The summed E-state index contributed by atoms with van der Waals surface area (Å²) in [5.74, 6) is -0.323. The number of methoxy groups -OCH3 is 1. The molecule has 0 amide bonds. The lowest BCUT2D eigenvalue weighted by molar-refractivity contribution is -0.208. The maximum absolute atomic E-state index is 5.86. The molecule has 2 aliphatic rings. The molecular weight excluding hydrogens is 228 g/mol.